The molecule has 0 fully saturated rings. The first-order chi connectivity index (χ1) is 13.0. The fourth-order valence-corrected chi connectivity index (χ4v) is 3.63. The molecule has 0 bridgehead atoms. The summed E-state index contributed by atoms with van der Waals surface area (Å²) in [6, 6.07) is 0.949. The minimum atomic E-state index is -2.05. The highest BCUT2D eigenvalue weighted by molar-refractivity contribution is 6.70. The third kappa shape index (κ3) is 9.70. The van der Waals surface area contributed by atoms with Crippen molar-refractivity contribution in [2.24, 2.45) is 5.92 Å². The van der Waals surface area contributed by atoms with Gasteiger partial charge in [0.1, 0.15) is 23.0 Å². The Morgan fingerprint density at radius 2 is 1.52 bits per heavy atom. The molecular formula is C20H35N3O5Si. The smallest absolute Gasteiger partial charge is 0.408 e. The van der Waals surface area contributed by atoms with Crippen LogP contribution < -0.4 is 10.6 Å². The third-order valence-electron chi connectivity index (χ3n) is 3.55. The van der Waals surface area contributed by atoms with E-state index in [4.69, 9.17) is 13.9 Å². The number of amides is 2. The van der Waals surface area contributed by atoms with Gasteiger partial charge in [0, 0.05) is 0 Å². The van der Waals surface area contributed by atoms with Crippen molar-refractivity contribution in [2.45, 2.75) is 90.9 Å². The van der Waals surface area contributed by atoms with Crippen LogP contribution in [0.1, 0.15) is 48.0 Å². The Morgan fingerprint density at radius 3 is 1.93 bits per heavy atom. The summed E-state index contributed by atoms with van der Waals surface area (Å²) in [4.78, 5) is 24.8. The predicted molar refractivity (Wildman–Crippen MR) is 113 cm³/mol. The highest BCUT2D eigenvalue weighted by Gasteiger charge is 2.39. The first-order valence-corrected chi connectivity index (χ1v) is 13.2. The number of rotatable bonds is 4. The minimum absolute atomic E-state index is 0.314. The Hall–Kier alpha value is -2.21. The van der Waals surface area contributed by atoms with Crippen LogP contribution in [0, 0.1) is 17.2 Å². The molecule has 1 rings (SSSR count). The second-order valence-corrected chi connectivity index (χ2v) is 14.6. The Labute approximate surface area is 175 Å². The van der Waals surface area contributed by atoms with Crippen LogP contribution in [0.5, 0.6) is 0 Å². The van der Waals surface area contributed by atoms with Gasteiger partial charge in [0.05, 0.1) is 18.0 Å². The van der Waals surface area contributed by atoms with E-state index in [2.05, 4.69) is 16.7 Å². The van der Waals surface area contributed by atoms with Crippen LogP contribution in [0.3, 0.4) is 0 Å². The molecule has 0 saturated carbocycles. The quantitative estimate of drug-likeness (QED) is 0.658. The highest BCUT2D eigenvalue weighted by Crippen LogP contribution is 2.28. The van der Waals surface area contributed by atoms with E-state index >= 15 is 0 Å². The highest BCUT2D eigenvalue weighted by atomic mass is 28.4. The summed E-state index contributed by atoms with van der Waals surface area (Å²) in [5.41, 5.74) is -1.35. The molecule has 0 aromatic heterocycles. The van der Waals surface area contributed by atoms with Crippen molar-refractivity contribution >= 4 is 20.5 Å². The van der Waals surface area contributed by atoms with Gasteiger partial charge in [0.2, 0.25) is 8.32 Å². The van der Waals surface area contributed by atoms with E-state index in [1.165, 1.54) is 0 Å². The number of ether oxygens (including phenoxy) is 2. The molecule has 0 radical (unpaired) electrons. The van der Waals surface area contributed by atoms with Gasteiger partial charge >= 0.3 is 12.2 Å². The van der Waals surface area contributed by atoms with E-state index in [1.54, 1.807) is 47.6 Å². The van der Waals surface area contributed by atoms with E-state index in [0.717, 1.165) is 0 Å². The van der Waals surface area contributed by atoms with Gasteiger partial charge in [-0.05, 0) is 73.7 Å². The van der Waals surface area contributed by atoms with Gasteiger partial charge in [0.15, 0.2) is 0 Å². The fraction of sp³-hybridized carbons (Fsp3) is 0.750. The molecule has 0 saturated heterocycles. The molecule has 164 valence electrons. The standard InChI is InChI=1S/C20H35N3O5Si/c1-19(2,3)26-17(24)22-14-10-13(12-21)11-15(28-29(7,8)9)16(14)23-18(25)27-20(4,5)6/h11,13-14,16H,10H2,1-9H3,(H,22,24)(H,23,25)/t13?,14-,16+/m0/s1. The van der Waals surface area contributed by atoms with Crippen LogP contribution in [-0.4, -0.2) is 43.8 Å². The van der Waals surface area contributed by atoms with Crippen LogP contribution in [0.25, 0.3) is 0 Å². The van der Waals surface area contributed by atoms with Crippen LogP contribution in [0.15, 0.2) is 11.8 Å². The summed E-state index contributed by atoms with van der Waals surface area (Å²) in [6.45, 7) is 16.6. The number of nitriles is 1. The Morgan fingerprint density at radius 1 is 1.03 bits per heavy atom. The average molecular weight is 426 g/mol. The molecule has 1 aliphatic rings. The molecule has 2 amide bonds. The normalized spacial score (nSPS) is 22.6. The second-order valence-electron chi connectivity index (χ2n) is 10.1. The third-order valence-corrected chi connectivity index (χ3v) is 4.39. The number of carbonyl (C=O) groups excluding carboxylic acids is 2. The maximum Gasteiger partial charge on any atom is 0.408 e. The SMILES string of the molecule is CC(C)(C)OC(=O)N[C@H]1CC(C#N)C=C(O[Si](C)(C)C)[C@@H]1NC(=O)OC(C)(C)C. The molecule has 0 spiro atoms. The van der Waals surface area contributed by atoms with Crippen molar-refractivity contribution in [3.05, 3.63) is 11.8 Å². The molecule has 0 aliphatic heterocycles. The Balaban J connectivity index is 3.16. The minimum Gasteiger partial charge on any atom is -0.546 e. The fourth-order valence-electron chi connectivity index (χ4n) is 2.73. The van der Waals surface area contributed by atoms with Crippen molar-refractivity contribution in [1.82, 2.24) is 10.6 Å². The second kappa shape index (κ2) is 9.07. The number of carbonyl (C=O) groups is 2. The van der Waals surface area contributed by atoms with Gasteiger partial charge in [-0.3, -0.25) is 0 Å². The molecule has 0 aromatic carbocycles. The molecule has 0 heterocycles. The summed E-state index contributed by atoms with van der Waals surface area (Å²) in [5, 5.41) is 15.1. The summed E-state index contributed by atoms with van der Waals surface area (Å²) in [6.07, 6.45) is 0.783. The first kappa shape index (κ1) is 24.8. The van der Waals surface area contributed by atoms with Gasteiger partial charge in [-0.1, -0.05) is 0 Å². The Bertz CT molecular complexity index is 680. The molecule has 1 unspecified atom stereocenters. The summed E-state index contributed by atoms with van der Waals surface area (Å²) in [5.74, 6) is 0.00635. The van der Waals surface area contributed by atoms with Crippen molar-refractivity contribution < 1.29 is 23.5 Å². The summed E-state index contributed by atoms with van der Waals surface area (Å²) in [7, 11) is -2.05. The molecule has 1 aliphatic carbocycles. The lowest BCUT2D eigenvalue weighted by Gasteiger charge is -2.38. The van der Waals surface area contributed by atoms with Crippen LogP contribution in [-0.2, 0) is 13.9 Å². The number of alkyl carbamates (subject to hydrolysis) is 2. The van der Waals surface area contributed by atoms with Gasteiger partial charge in [-0.25, -0.2) is 9.59 Å². The average Bonchev–Trinajstić information content (AvgIpc) is 2.44. The lowest BCUT2D eigenvalue weighted by atomic mass is 9.88. The zero-order valence-corrected chi connectivity index (χ0v) is 20.0. The molecular weight excluding hydrogens is 390 g/mol. The van der Waals surface area contributed by atoms with Gasteiger partial charge in [0.25, 0.3) is 0 Å². The summed E-state index contributed by atoms with van der Waals surface area (Å²) >= 11 is 0. The van der Waals surface area contributed by atoms with Gasteiger partial charge in [-0.15, -0.1) is 0 Å². The monoisotopic (exact) mass is 425 g/mol. The number of nitrogens with zero attached hydrogens (tertiary/aromatic N) is 1. The van der Waals surface area contributed by atoms with Crippen molar-refractivity contribution in [1.29, 1.82) is 5.26 Å². The van der Waals surface area contributed by atoms with Crippen molar-refractivity contribution in [2.75, 3.05) is 0 Å². The van der Waals surface area contributed by atoms with E-state index < -0.39 is 49.7 Å². The maximum atomic E-state index is 12.4. The molecule has 8 nitrogen and oxygen atoms in total. The van der Waals surface area contributed by atoms with E-state index in [1.807, 2.05) is 19.6 Å². The van der Waals surface area contributed by atoms with E-state index in [9.17, 15) is 14.9 Å². The Kier molecular flexibility index (Phi) is 7.77. The summed E-state index contributed by atoms with van der Waals surface area (Å²) < 4.78 is 16.9. The number of hydrogen-bond donors (Lipinski definition) is 2. The van der Waals surface area contributed by atoms with E-state index in [-0.39, 0.29) is 0 Å². The largest absolute Gasteiger partial charge is 0.546 e. The molecule has 2 N–H and O–H groups in total. The zero-order valence-electron chi connectivity index (χ0n) is 19.0. The predicted octanol–water partition coefficient (Wildman–Crippen LogP) is 4.05. The number of nitrogens with one attached hydrogen (secondary N) is 2. The van der Waals surface area contributed by atoms with E-state index in [0.29, 0.717) is 12.2 Å². The molecule has 0 aromatic rings. The van der Waals surface area contributed by atoms with Crippen LogP contribution in [0.2, 0.25) is 19.6 Å². The lowest BCUT2D eigenvalue weighted by molar-refractivity contribution is 0.0416. The van der Waals surface area contributed by atoms with Gasteiger partial charge in [-0.2, -0.15) is 5.26 Å². The number of hydrogen-bond acceptors (Lipinski definition) is 6. The maximum absolute atomic E-state index is 12.4. The topological polar surface area (TPSA) is 110 Å². The van der Waals surface area contributed by atoms with Crippen LogP contribution in [0.4, 0.5) is 9.59 Å². The molecule has 29 heavy (non-hydrogen) atoms. The van der Waals surface area contributed by atoms with Crippen LogP contribution >= 0.6 is 0 Å². The lowest BCUT2D eigenvalue weighted by Crippen LogP contribution is -2.57. The van der Waals surface area contributed by atoms with Crippen molar-refractivity contribution in [3.63, 3.8) is 0 Å². The van der Waals surface area contributed by atoms with Gasteiger partial charge < -0.3 is 24.5 Å². The first-order valence-electron chi connectivity index (χ1n) is 9.78. The number of allylic oxidation sites excluding steroid dienone is 1. The molecule has 9 heteroatoms. The zero-order chi connectivity index (χ0) is 22.6. The van der Waals surface area contributed by atoms with Crippen molar-refractivity contribution in [3.8, 4) is 6.07 Å². The molecule has 3 atom stereocenters.